The van der Waals surface area contributed by atoms with E-state index in [0.29, 0.717) is 38.2 Å². The number of likely N-dealkylation sites (tertiary alicyclic amines) is 1. The first-order valence-electron chi connectivity index (χ1n) is 11.2. The summed E-state index contributed by atoms with van der Waals surface area (Å²) in [5.41, 5.74) is 2.50. The van der Waals surface area contributed by atoms with Gasteiger partial charge in [-0.15, -0.1) is 0 Å². The maximum Gasteiger partial charge on any atom is 0.319 e. The molecule has 0 saturated carbocycles. The average molecular weight is 466 g/mol. The molecule has 3 N–H and O–H groups in total. The molecule has 0 atom stereocenters. The first-order chi connectivity index (χ1) is 16.6. The number of amides is 3. The third kappa shape index (κ3) is 5.72. The van der Waals surface area contributed by atoms with Crippen molar-refractivity contribution in [1.29, 1.82) is 0 Å². The molecule has 0 bridgehead atoms. The van der Waals surface area contributed by atoms with Crippen LogP contribution >= 0.6 is 0 Å². The number of methoxy groups -OCH3 is 1. The largest absolute Gasteiger partial charge is 0.496 e. The Hall–Kier alpha value is -3.88. The van der Waals surface area contributed by atoms with Gasteiger partial charge in [0.15, 0.2) is 6.67 Å². The first-order valence-corrected chi connectivity index (χ1v) is 11.2. The maximum atomic E-state index is 12.5. The number of piperidine rings is 1. The Morgan fingerprint density at radius 2 is 1.91 bits per heavy atom. The Labute approximate surface area is 197 Å². The summed E-state index contributed by atoms with van der Waals surface area (Å²) in [6.07, 6.45) is 1.21. The van der Waals surface area contributed by atoms with Crippen LogP contribution in [0.4, 0.5) is 20.7 Å². The second-order valence-electron chi connectivity index (χ2n) is 8.16. The summed E-state index contributed by atoms with van der Waals surface area (Å²) in [5, 5.41) is 10.00. The number of carbonyl (C=O) groups is 2. The van der Waals surface area contributed by atoms with Gasteiger partial charge in [-0.25, -0.2) is 14.2 Å². The zero-order valence-corrected chi connectivity index (χ0v) is 19.0. The molecule has 3 amide bonds. The van der Waals surface area contributed by atoms with E-state index in [0.717, 1.165) is 28.0 Å². The maximum absolute atomic E-state index is 12.5. The summed E-state index contributed by atoms with van der Waals surface area (Å²) in [4.78, 5) is 30.0. The number of fused-ring (bicyclic) bond motifs is 1. The molecular formula is C25H28FN5O3. The summed E-state index contributed by atoms with van der Waals surface area (Å²) < 4.78 is 17.9. The number of nitrogens with zero attached hydrogens (tertiary/aromatic N) is 2. The summed E-state index contributed by atoms with van der Waals surface area (Å²) in [5.74, 6) is 1.07. The number of benzene rings is 2. The van der Waals surface area contributed by atoms with Crippen molar-refractivity contribution in [2.75, 3.05) is 37.5 Å². The molecule has 1 aliphatic rings. The van der Waals surface area contributed by atoms with E-state index < -0.39 is 12.6 Å². The highest BCUT2D eigenvalue weighted by Crippen LogP contribution is 2.22. The van der Waals surface area contributed by atoms with Gasteiger partial charge in [0, 0.05) is 42.3 Å². The molecule has 1 saturated heterocycles. The quantitative estimate of drug-likeness (QED) is 0.491. The molecule has 34 heavy (non-hydrogen) atoms. The van der Waals surface area contributed by atoms with Crippen molar-refractivity contribution in [2.45, 2.75) is 25.4 Å². The summed E-state index contributed by atoms with van der Waals surface area (Å²) in [6.45, 7) is 0.503. The molecule has 8 nitrogen and oxygen atoms in total. The molecule has 0 spiro atoms. The number of hydrogen-bond donors (Lipinski definition) is 3. The first kappa shape index (κ1) is 23.3. The van der Waals surface area contributed by atoms with Crippen molar-refractivity contribution >= 4 is 34.3 Å². The van der Waals surface area contributed by atoms with Gasteiger partial charge in [0.1, 0.15) is 11.6 Å². The van der Waals surface area contributed by atoms with E-state index in [1.54, 1.807) is 13.2 Å². The molecule has 1 aliphatic heterocycles. The monoisotopic (exact) mass is 465 g/mol. The normalized spacial score (nSPS) is 14.0. The van der Waals surface area contributed by atoms with Crippen LogP contribution in [0.5, 0.6) is 5.75 Å². The van der Waals surface area contributed by atoms with Crippen molar-refractivity contribution in [3.63, 3.8) is 0 Å². The Morgan fingerprint density at radius 3 is 2.68 bits per heavy atom. The van der Waals surface area contributed by atoms with E-state index in [2.05, 4.69) is 20.9 Å². The number of anilines is 2. The van der Waals surface area contributed by atoms with Crippen LogP contribution in [0.2, 0.25) is 0 Å². The van der Waals surface area contributed by atoms with E-state index in [4.69, 9.17) is 4.74 Å². The highest BCUT2D eigenvalue weighted by atomic mass is 19.1. The molecule has 2 heterocycles. The third-order valence-electron chi connectivity index (χ3n) is 5.90. The van der Waals surface area contributed by atoms with Gasteiger partial charge >= 0.3 is 6.03 Å². The van der Waals surface area contributed by atoms with Crippen molar-refractivity contribution < 1.29 is 18.7 Å². The minimum Gasteiger partial charge on any atom is -0.496 e. The second kappa shape index (κ2) is 10.8. The fourth-order valence-electron chi connectivity index (χ4n) is 4.05. The van der Waals surface area contributed by atoms with E-state index >= 15 is 0 Å². The van der Waals surface area contributed by atoms with Crippen LogP contribution in [0.15, 0.2) is 54.6 Å². The second-order valence-corrected chi connectivity index (χ2v) is 8.16. The number of alkyl halides is 1. The fraction of sp³-hybridized carbons (Fsp3) is 0.320. The highest BCUT2D eigenvalue weighted by molar-refractivity contribution is 5.93. The minimum atomic E-state index is -0.977. The number of rotatable bonds is 7. The SMILES string of the molecule is COc1ccccc1CNc1ccc2cc(NC(=O)NC3CCN(C(=O)CF)CC3)ccc2n1. The number of ether oxygens (including phenoxy) is 1. The van der Waals surface area contributed by atoms with Gasteiger partial charge in [-0.05, 0) is 49.2 Å². The zero-order chi connectivity index (χ0) is 23.9. The lowest BCUT2D eigenvalue weighted by Gasteiger charge is -2.31. The lowest BCUT2D eigenvalue weighted by molar-refractivity contribution is -0.133. The van der Waals surface area contributed by atoms with Crippen molar-refractivity contribution in [2.24, 2.45) is 0 Å². The number of halogens is 1. The molecule has 1 aromatic heterocycles. The summed E-state index contributed by atoms with van der Waals surface area (Å²) in [6, 6.07) is 16.9. The van der Waals surface area contributed by atoms with Crippen LogP contribution in [0.1, 0.15) is 18.4 Å². The highest BCUT2D eigenvalue weighted by Gasteiger charge is 2.23. The van der Waals surface area contributed by atoms with E-state index in [9.17, 15) is 14.0 Å². The predicted octanol–water partition coefficient (Wildman–Crippen LogP) is 3.94. The van der Waals surface area contributed by atoms with E-state index in [1.165, 1.54) is 4.90 Å². The van der Waals surface area contributed by atoms with Crippen LogP contribution in [0.3, 0.4) is 0 Å². The van der Waals surface area contributed by atoms with Gasteiger partial charge in [0.25, 0.3) is 5.91 Å². The van der Waals surface area contributed by atoms with Gasteiger partial charge in [0.05, 0.1) is 12.6 Å². The molecule has 9 heteroatoms. The number of hydrogen-bond acceptors (Lipinski definition) is 5. The Bertz CT molecular complexity index is 1160. The van der Waals surface area contributed by atoms with Gasteiger partial charge in [0.2, 0.25) is 0 Å². The lowest BCUT2D eigenvalue weighted by Crippen LogP contribution is -2.47. The lowest BCUT2D eigenvalue weighted by atomic mass is 10.1. The number of carbonyl (C=O) groups excluding carboxylic acids is 2. The van der Waals surface area contributed by atoms with Crippen molar-refractivity contribution in [3.05, 3.63) is 60.2 Å². The molecule has 3 aromatic rings. The molecule has 0 unspecified atom stereocenters. The van der Waals surface area contributed by atoms with Crippen molar-refractivity contribution in [3.8, 4) is 5.75 Å². The molecule has 1 fully saturated rings. The van der Waals surface area contributed by atoms with E-state index in [-0.39, 0.29) is 12.1 Å². The number of urea groups is 1. The van der Waals surface area contributed by atoms with Gasteiger partial charge in [-0.2, -0.15) is 0 Å². The van der Waals surface area contributed by atoms with Crippen LogP contribution in [-0.4, -0.2) is 54.7 Å². The third-order valence-corrected chi connectivity index (χ3v) is 5.90. The number of pyridine rings is 1. The Kier molecular flexibility index (Phi) is 7.41. The average Bonchev–Trinajstić information content (AvgIpc) is 2.87. The van der Waals surface area contributed by atoms with Gasteiger partial charge in [-0.3, -0.25) is 4.79 Å². The van der Waals surface area contributed by atoms with Crippen LogP contribution in [0, 0.1) is 0 Å². The topological polar surface area (TPSA) is 95.6 Å². The van der Waals surface area contributed by atoms with Crippen LogP contribution in [0.25, 0.3) is 10.9 Å². The van der Waals surface area contributed by atoms with Crippen LogP contribution in [-0.2, 0) is 11.3 Å². The molecule has 178 valence electrons. The Balaban J connectivity index is 1.32. The van der Waals surface area contributed by atoms with Crippen molar-refractivity contribution in [1.82, 2.24) is 15.2 Å². The smallest absolute Gasteiger partial charge is 0.319 e. The Morgan fingerprint density at radius 1 is 1.12 bits per heavy atom. The van der Waals surface area contributed by atoms with Gasteiger partial charge < -0.3 is 25.6 Å². The zero-order valence-electron chi connectivity index (χ0n) is 19.0. The van der Waals surface area contributed by atoms with E-state index in [1.807, 2.05) is 48.5 Å². The number of aromatic nitrogens is 1. The van der Waals surface area contributed by atoms with Crippen LogP contribution < -0.4 is 20.7 Å². The summed E-state index contributed by atoms with van der Waals surface area (Å²) in [7, 11) is 1.65. The van der Waals surface area contributed by atoms with Gasteiger partial charge in [-0.1, -0.05) is 18.2 Å². The molecule has 0 radical (unpaired) electrons. The number of para-hydroxylation sites is 1. The fourth-order valence-corrected chi connectivity index (χ4v) is 4.05. The minimum absolute atomic E-state index is 0.0531. The molecule has 2 aromatic carbocycles. The number of nitrogens with one attached hydrogen (secondary N) is 3. The molecule has 4 rings (SSSR count). The predicted molar refractivity (Wildman–Crippen MR) is 130 cm³/mol. The molecule has 0 aliphatic carbocycles. The summed E-state index contributed by atoms with van der Waals surface area (Å²) >= 11 is 0. The molecular weight excluding hydrogens is 437 g/mol. The standard InChI is InChI=1S/C25H28FN5O3/c1-34-22-5-3-2-4-18(22)16-27-23-9-6-17-14-20(7-8-21(17)30-23)29-25(33)28-19-10-12-31(13-11-19)24(32)15-26/h2-9,14,19H,10-13,15-16H2,1H3,(H,27,30)(H2,28,29,33).